The Bertz CT molecular complexity index is 642. The minimum Gasteiger partial charge on any atom is -0.480 e. The van der Waals surface area contributed by atoms with E-state index in [1.54, 1.807) is 13.1 Å². The maximum absolute atomic E-state index is 12.3. The average molecular weight is 261 g/mol. The predicted octanol–water partition coefficient (Wildman–Crippen LogP) is 2.51. The van der Waals surface area contributed by atoms with Crippen LogP contribution in [-0.2, 0) is 9.59 Å². The van der Waals surface area contributed by atoms with Crippen molar-refractivity contribution in [3.8, 4) is 0 Å². The van der Waals surface area contributed by atoms with Crippen molar-refractivity contribution < 1.29 is 19.1 Å². The lowest BCUT2D eigenvalue weighted by Crippen LogP contribution is -2.43. The molecule has 5 heteroatoms. The number of rotatable bonds is 3. The van der Waals surface area contributed by atoms with Crippen LogP contribution in [0.1, 0.15) is 13.8 Å². The largest absolute Gasteiger partial charge is 0.480 e. The van der Waals surface area contributed by atoms with E-state index < -0.39 is 17.3 Å². The Morgan fingerprint density at radius 1 is 1.26 bits per heavy atom. The molecule has 0 aliphatic rings. The van der Waals surface area contributed by atoms with Crippen molar-refractivity contribution in [3.05, 3.63) is 30.5 Å². The molecule has 0 saturated heterocycles. The van der Waals surface area contributed by atoms with Gasteiger partial charge in [-0.2, -0.15) is 0 Å². The van der Waals surface area contributed by atoms with Crippen LogP contribution in [0, 0.1) is 5.41 Å². The molecular formula is C14H15NO4. The highest BCUT2D eigenvalue weighted by atomic mass is 16.4. The lowest BCUT2D eigenvalue weighted by atomic mass is 9.92. The number of amides is 1. The molecule has 5 nitrogen and oxygen atoms in total. The summed E-state index contributed by atoms with van der Waals surface area (Å²) in [4.78, 5) is 24.7. The fraction of sp³-hybridized carbons (Fsp3) is 0.286. The van der Waals surface area contributed by atoms with Crippen LogP contribution in [0.3, 0.4) is 0 Å². The molecule has 1 aromatic heterocycles. The summed E-state index contributed by atoms with van der Waals surface area (Å²) < 4.78 is 5.35. The topological polar surface area (TPSA) is 70.8 Å². The summed E-state index contributed by atoms with van der Waals surface area (Å²) in [7, 11) is 1.55. The lowest BCUT2D eigenvalue weighted by Gasteiger charge is -2.25. The maximum atomic E-state index is 12.3. The molecular weight excluding hydrogens is 246 g/mol. The molecule has 1 aromatic carbocycles. The number of hydrogen-bond donors (Lipinski definition) is 1. The number of fused-ring (bicyclic) bond motifs is 1. The van der Waals surface area contributed by atoms with E-state index in [4.69, 9.17) is 9.52 Å². The molecule has 0 saturated carbocycles. The van der Waals surface area contributed by atoms with Gasteiger partial charge in [-0.15, -0.1) is 0 Å². The number of para-hydroxylation sites is 1. The summed E-state index contributed by atoms with van der Waals surface area (Å²) >= 11 is 0. The highest BCUT2D eigenvalue weighted by Gasteiger charge is 2.39. The van der Waals surface area contributed by atoms with Crippen molar-refractivity contribution in [2.24, 2.45) is 5.41 Å². The summed E-state index contributed by atoms with van der Waals surface area (Å²) in [6.07, 6.45) is 1.46. The SMILES string of the molecule is CN(C(=O)C(C)(C)C(=O)O)c1coc2ccccc12. The van der Waals surface area contributed by atoms with Crippen molar-refractivity contribution in [2.75, 3.05) is 11.9 Å². The molecule has 19 heavy (non-hydrogen) atoms. The van der Waals surface area contributed by atoms with Crippen LogP contribution in [0.2, 0.25) is 0 Å². The van der Waals surface area contributed by atoms with Gasteiger partial charge in [0.15, 0.2) is 0 Å². The average Bonchev–Trinajstić information content (AvgIpc) is 2.80. The molecule has 1 heterocycles. The first-order valence-corrected chi connectivity index (χ1v) is 5.83. The predicted molar refractivity (Wildman–Crippen MR) is 71.0 cm³/mol. The number of benzene rings is 1. The molecule has 1 amide bonds. The van der Waals surface area contributed by atoms with Crippen LogP contribution in [0.25, 0.3) is 11.0 Å². The zero-order chi connectivity index (χ0) is 14.2. The Morgan fingerprint density at radius 2 is 1.89 bits per heavy atom. The van der Waals surface area contributed by atoms with Crippen LogP contribution in [0.4, 0.5) is 5.69 Å². The summed E-state index contributed by atoms with van der Waals surface area (Å²) in [6, 6.07) is 7.28. The molecule has 0 spiro atoms. The third-order valence-electron chi connectivity index (χ3n) is 3.20. The normalized spacial score (nSPS) is 11.5. The van der Waals surface area contributed by atoms with Gasteiger partial charge in [-0.05, 0) is 26.0 Å². The fourth-order valence-electron chi connectivity index (χ4n) is 1.84. The van der Waals surface area contributed by atoms with Gasteiger partial charge in [-0.25, -0.2) is 0 Å². The van der Waals surface area contributed by atoms with Crippen LogP contribution < -0.4 is 4.90 Å². The number of furan rings is 1. The Labute approximate surface area is 110 Å². The van der Waals surface area contributed by atoms with Crippen LogP contribution in [-0.4, -0.2) is 24.0 Å². The maximum Gasteiger partial charge on any atom is 0.318 e. The molecule has 2 aromatic rings. The Hall–Kier alpha value is -2.30. The Balaban J connectivity index is 2.42. The molecule has 2 rings (SSSR count). The van der Waals surface area contributed by atoms with Gasteiger partial charge < -0.3 is 14.4 Å². The van der Waals surface area contributed by atoms with Gasteiger partial charge in [0.25, 0.3) is 0 Å². The second kappa shape index (κ2) is 4.42. The number of hydrogen-bond acceptors (Lipinski definition) is 3. The first kappa shape index (κ1) is 13.1. The standard InChI is InChI=1S/C14H15NO4/c1-14(2,13(17)18)12(16)15(3)10-8-19-11-7-5-4-6-9(10)11/h4-8H,1-3H3,(H,17,18). The molecule has 0 unspecified atom stereocenters. The third kappa shape index (κ3) is 2.07. The van der Waals surface area contributed by atoms with Gasteiger partial charge in [0.1, 0.15) is 17.3 Å². The molecule has 100 valence electrons. The van der Waals surface area contributed by atoms with Crippen LogP contribution in [0.15, 0.2) is 34.9 Å². The molecule has 0 radical (unpaired) electrons. The smallest absolute Gasteiger partial charge is 0.318 e. The van der Waals surface area contributed by atoms with E-state index in [1.165, 1.54) is 25.0 Å². The number of carboxylic acids is 1. The lowest BCUT2D eigenvalue weighted by molar-refractivity contribution is -0.152. The van der Waals surface area contributed by atoms with Gasteiger partial charge in [-0.3, -0.25) is 9.59 Å². The van der Waals surface area contributed by atoms with Gasteiger partial charge in [0.05, 0.1) is 5.69 Å². The van der Waals surface area contributed by atoms with Crippen molar-refractivity contribution in [2.45, 2.75) is 13.8 Å². The molecule has 0 atom stereocenters. The molecule has 0 aliphatic heterocycles. The quantitative estimate of drug-likeness (QED) is 0.862. The third-order valence-corrected chi connectivity index (χ3v) is 3.20. The minimum absolute atomic E-state index is 0.494. The monoisotopic (exact) mass is 261 g/mol. The fourth-order valence-corrected chi connectivity index (χ4v) is 1.84. The minimum atomic E-state index is -1.48. The Kier molecular flexibility index (Phi) is 3.06. The number of carboxylic acid groups (broad SMARTS) is 1. The highest BCUT2D eigenvalue weighted by molar-refractivity contribution is 6.11. The van der Waals surface area contributed by atoms with Crippen LogP contribution >= 0.6 is 0 Å². The van der Waals surface area contributed by atoms with Crippen LogP contribution in [0.5, 0.6) is 0 Å². The highest BCUT2D eigenvalue weighted by Crippen LogP contribution is 2.31. The van der Waals surface area contributed by atoms with E-state index in [1.807, 2.05) is 18.2 Å². The molecule has 0 bridgehead atoms. The summed E-state index contributed by atoms with van der Waals surface area (Å²) in [6.45, 7) is 2.77. The first-order chi connectivity index (χ1) is 8.85. The zero-order valence-electron chi connectivity index (χ0n) is 11.0. The van der Waals surface area contributed by atoms with E-state index in [0.29, 0.717) is 11.3 Å². The first-order valence-electron chi connectivity index (χ1n) is 5.83. The van der Waals surface area contributed by atoms with Crippen molar-refractivity contribution in [1.82, 2.24) is 0 Å². The summed E-state index contributed by atoms with van der Waals surface area (Å²) in [5.74, 6) is -1.65. The van der Waals surface area contributed by atoms with Gasteiger partial charge in [0.2, 0.25) is 5.91 Å². The Morgan fingerprint density at radius 3 is 2.53 bits per heavy atom. The van der Waals surface area contributed by atoms with E-state index in [-0.39, 0.29) is 0 Å². The van der Waals surface area contributed by atoms with Crippen molar-refractivity contribution in [1.29, 1.82) is 0 Å². The van der Waals surface area contributed by atoms with Gasteiger partial charge >= 0.3 is 5.97 Å². The number of carbonyl (C=O) groups is 2. The molecule has 0 aliphatic carbocycles. The van der Waals surface area contributed by atoms with E-state index in [9.17, 15) is 9.59 Å². The van der Waals surface area contributed by atoms with Gasteiger partial charge in [0, 0.05) is 12.4 Å². The van der Waals surface area contributed by atoms with E-state index >= 15 is 0 Å². The van der Waals surface area contributed by atoms with Gasteiger partial charge in [-0.1, -0.05) is 12.1 Å². The summed E-state index contributed by atoms with van der Waals surface area (Å²) in [5, 5.41) is 9.88. The second-order valence-electron chi connectivity index (χ2n) is 4.91. The van der Waals surface area contributed by atoms with E-state index in [0.717, 1.165) is 5.39 Å². The summed E-state index contributed by atoms with van der Waals surface area (Å²) in [5.41, 5.74) is -0.257. The van der Waals surface area contributed by atoms with E-state index in [2.05, 4.69) is 0 Å². The zero-order valence-corrected chi connectivity index (χ0v) is 11.0. The number of aliphatic carboxylic acids is 1. The number of carbonyl (C=O) groups excluding carboxylic acids is 1. The number of nitrogens with zero attached hydrogens (tertiary/aromatic N) is 1. The van der Waals surface area contributed by atoms with Crippen molar-refractivity contribution >= 4 is 28.5 Å². The second-order valence-corrected chi connectivity index (χ2v) is 4.91. The number of anilines is 1. The van der Waals surface area contributed by atoms with Crippen molar-refractivity contribution in [3.63, 3.8) is 0 Å². The molecule has 1 N–H and O–H groups in total. The molecule has 0 fully saturated rings.